The fraction of sp³-hybridized carbons (Fsp3) is 0.562. The van der Waals surface area contributed by atoms with E-state index in [1.807, 2.05) is 19.2 Å². The number of rotatable bonds is 5. The highest BCUT2D eigenvalue weighted by molar-refractivity contribution is 7.12. The smallest absolute Gasteiger partial charge is 0.261 e. The molecule has 1 fully saturated rings. The number of carbonyl (C=O) groups excluding carboxylic acids is 3. The van der Waals surface area contributed by atoms with Gasteiger partial charge < -0.3 is 15.5 Å². The molecule has 1 aliphatic heterocycles. The molecule has 0 aliphatic carbocycles. The quantitative estimate of drug-likeness (QED) is 0.848. The first-order valence-electron chi connectivity index (χ1n) is 7.87. The van der Waals surface area contributed by atoms with Gasteiger partial charge in [0.2, 0.25) is 11.8 Å². The van der Waals surface area contributed by atoms with Crippen molar-refractivity contribution in [2.24, 2.45) is 5.92 Å². The molecule has 0 saturated carbocycles. The van der Waals surface area contributed by atoms with Crippen molar-refractivity contribution in [3.05, 3.63) is 22.4 Å². The number of nitrogens with one attached hydrogen (secondary N) is 2. The Kier molecular flexibility index (Phi) is 6.15. The number of nitrogens with zero attached hydrogens (tertiary/aromatic N) is 1. The topological polar surface area (TPSA) is 78.5 Å². The van der Waals surface area contributed by atoms with Gasteiger partial charge in [0.15, 0.2) is 0 Å². The van der Waals surface area contributed by atoms with Gasteiger partial charge in [-0.25, -0.2) is 0 Å². The van der Waals surface area contributed by atoms with Gasteiger partial charge in [0.1, 0.15) is 0 Å². The normalized spacial score (nSPS) is 15.5. The standard InChI is InChI=1S/C16H23N3O3S/c1-11(2)18-15(21)12-5-7-19(8-6-12)14(20)10-17-16(22)13-4-3-9-23-13/h3-4,9,11-12H,5-8,10H2,1-2H3,(H,17,22)(H,18,21). The van der Waals surface area contributed by atoms with Gasteiger partial charge in [-0.3, -0.25) is 14.4 Å². The maximum absolute atomic E-state index is 12.1. The van der Waals surface area contributed by atoms with Crippen molar-refractivity contribution >= 4 is 29.1 Å². The molecule has 1 aromatic rings. The minimum Gasteiger partial charge on any atom is -0.354 e. The van der Waals surface area contributed by atoms with E-state index in [-0.39, 0.29) is 36.2 Å². The molecule has 7 heteroatoms. The Morgan fingerprint density at radius 1 is 1.30 bits per heavy atom. The van der Waals surface area contributed by atoms with Crippen LogP contribution >= 0.6 is 11.3 Å². The number of thiophene rings is 1. The van der Waals surface area contributed by atoms with Crippen LogP contribution in [0, 0.1) is 5.92 Å². The van der Waals surface area contributed by atoms with E-state index < -0.39 is 0 Å². The summed E-state index contributed by atoms with van der Waals surface area (Å²) >= 11 is 1.35. The van der Waals surface area contributed by atoms with Gasteiger partial charge in [0, 0.05) is 25.0 Å². The number of hydrogen-bond acceptors (Lipinski definition) is 4. The van der Waals surface area contributed by atoms with E-state index >= 15 is 0 Å². The predicted molar refractivity (Wildman–Crippen MR) is 89.2 cm³/mol. The molecule has 0 unspecified atom stereocenters. The molecule has 2 N–H and O–H groups in total. The van der Waals surface area contributed by atoms with Crippen LogP contribution in [-0.2, 0) is 9.59 Å². The van der Waals surface area contributed by atoms with Gasteiger partial charge in [0.25, 0.3) is 5.91 Å². The molecule has 23 heavy (non-hydrogen) atoms. The van der Waals surface area contributed by atoms with Gasteiger partial charge in [-0.15, -0.1) is 11.3 Å². The summed E-state index contributed by atoms with van der Waals surface area (Å²) in [5.74, 6) is -0.280. The number of amides is 3. The number of piperidine rings is 1. The highest BCUT2D eigenvalue weighted by atomic mass is 32.1. The molecule has 0 atom stereocenters. The summed E-state index contributed by atoms with van der Waals surface area (Å²) < 4.78 is 0. The van der Waals surface area contributed by atoms with E-state index in [0.717, 1.165) is 0 Å². The fourth-order valence-corrected chi connectivity index (χ4v) is 3.20. The van der Waals surface area contributed by atoms with Crippen molar-refractivity contribution < 1.29 is 14.4 Å². The third kappa shape index (κ3) is 5.06. The molecule has 0 aromatic carbocycles. The minimum atomic E-state index is -0.223. The Labute approximate surface area is 140 Å². The van der Waals surface area contributed by atoms with Gasteiger partial charge in [-0.1, -0.05) is 6.07 Å². The van der Waals surface area contributed by atoms with Crippen molar-refractivity contribution in [3.63, 3.8) is 0 Å². The maximum atomic E-state index is 12.1. The zero-order valence-corrected chi connectivity index (χ0v) is 14.3. The van der Waals surface area contributed by atoms with Gasteiger partial charge in [-0.2, -0.15) is 0 Å². The van der Waals surface area contributed by atoms with Crippen LogP contribution in [0.25, 0.3) is 0 Å². The third-order valence-electron chi connectivity index (χ3n) is 3.79. The summed E-state index contributed by atoms with van der Waals surface area (Å²) in [5.41, 5.74) is 0. The minimum absolute atomic E-state index is 0.000406. The first-order valence-corrected chi connectivity index (χ1v) is 8.75. The van der Waals surface area contributed by atoms with Gasteiger partial charge >= 0.3 is 0 Å². The van der Waals surface area contributed by atoms with Crippen LogP contribution in [-0.4, -0.2) is 48.3 Å². The molecular formula is C16H23N3O3S. The average molecular weight is 337 g/mol. The van der Waals surface area contributed by atoms with E-state index in [9.17, 15) is 14.4 Å². The van der Waals surface area contributed by atoms with Crippen molar-refractivity contribution in [1.82, 2.24) is 15.5 Å². The molecule has 1 saturated heterocycles. The second-order valence-electron chi connectivity index (χ2n) is 5.98. The zero-order valence-electron chi connectivity index (χ0n) is 13.5. The lowest BCUT2D eigenvalue weighted by Gasteiger charge is -2.31. The van der Waals surface area contributed by atoms with Crippen molar-refractivity contribution in [1.29, 1.82) is 0 Å². The monoisotopic (exact) mass is 337 g/mol. The molecule has 2 rings (SSSR count). The van der Waals surface area contributed by atoms with E-state index in [4.69, 9.17) is 0 Å². The summed E-state index contributed by atoms with van der Waals surface area (Å²) in [7, 11) is 0. The molecule has 2 heterocycles. The number of carbonyl (C=O) groups is 3. The summed E-state index contributed by atoms with van der Waals surface area (Å²) in [6.07, 6.45) is 1.34. The van der Waals surface area contributed by atoms with Crippen LogP contribution in [0.15, 0.2) is 17.5 Å². The van der Waals surface area contributed by atoms with Crippen LogP contribution in [0.4, 0.5) is 0 Å². The second kappa shape index (κ2) is 8.10. The highest BCUT2D eigenvalue weighted by Gasteiger charge is 2.27. The Morgan fingerprint density at radius 3 is 2.57 bits per heavy atom. The molecule has 0 bridgehead atoms. The molecule has 0 radical (unpaired) electrons. The lowest BCUT2D eigenvalue weighted by atomic mass is 9.95. The predicted octanol–water partition coefficient (Wildman–Crippen LogP) is 1.24. The largest absolute Gasteiger partial charge is 0.354 e. The molecule has 6 nitrogen and oxygen atoms in total. The number of likely N-dealkylation sites (tertiary alicyclic amines) is 1. The summed E-state index contributed by atoms with van der Waals surface area (Å²) in [6.45, 7) is 4.99. The molecular weight excluding hydrogens is 314 g/mol. The Balaban J connectivity index is 1.73. The van der Waals surface area contributed by atoms with E-state index in [0.29, 0.717) is 30.8 Å². The number of hydrogen-bond donors (Lipinski definition) is 2. The van der Waals surface area contributed by atoms with E-state index in [2.05, 4.69) is 10.6 Å². The van der Waals surface area contributed by atoms with Gasteiger partial charge in [-0.05, 0) is 38.1 Å². The van der Waals surface area contributed by atoms with Crippen LogP contribution in [0.3, 0.4) is 0 Å². The first kappa shape index (κ1) is 17.5. The summed E-state index contributed by atoms with van der Waals surface area (Å²) in [5, 5.41) is 7.38. The highest BCUT2D eigenvalue weighted by Crippen LogP contribution is 2.17. The van der Waals surface area contributed by atoms with E-state index in [1.165, 1.54) is 11.3 Å². The fourth-order valence-electron chi connectivity index (χ4n) is 2.56. The molecule has 1 aromatic heterocycles. The van der Waals surface area contributed by atoms with Crippen LogP contribution in [0.5, 0.6) is 0 Å². The summed E-state index contributed by atoms with van der Waals surface area (Å²) in [4.78, 5) is 38.2. The van der Waals surface area contributed by atoms with Crippen molar-refractivity contribution in [2.45, 2.75) is 32.7 Å². The summed E-state index contributed by atoms with van der Waals surface area (Å²) in [6, 6.07) is 3.66. The average Bonchev–Trinajstić information content (AvgIpc) is 3.06. The van der Waals surface area contributed by atoms with Crippen molar-refractivity contribution in [2.75, 3.05) is 19.6 Å². The van der Waals surface area contributed by atoms with Crippen LogP contribution < -0.4 is 10.6 Å². The Morgan fingerprint density at radius 2 is 2.00 bits per heavy atom. The first-order chi connectivity index (χ1) is 11.0. The van der Waals surface area contributed by atoms with E-state index in [1.54, 1.807) is 17.0 Å². The Hall–Kier alpha value is -1.89. The molecule has 126 valence electrons. The zero-order chi connectivity index (χ0) is 16.8. The molecule has 3 amide bonds. The lowest BCUT2D eigenvalue weighted by Crippen LogP contribution is -2.47. The van der Waals surface area contributed by atoms with Crippen LogP contribution in [0.1, 0.15) is 36.4 Å². The molecule has 0 spiro atoms. The SMILES string of the molecule is CC(C)NC(=O)C1CCN(C(=O)CNC(=O)c2cccs2)CC1. The van der Waals surface area contributed by atoms with Crippen molar-refractivity contribution in [3.8, 4) is 0 Å². The lowest BCUT2D eigenvalue weighted by molar-refractivity contribution is -0.135. The van der Waals surface area contributed by atoms with Gasteiger partial charge in [0.05, 0.1) is 11.4 Å². The third-order valence-corrected chi connectivity index (χ3v) is 4.66. The second-order valence-corrected chi connectivity index (χ2v) is 6.93. The Bertz CT molecular complexity index is 549. The van der Waals surface area contributed by atoms with Crippen LogP contribution in [0.2, 0.25) is 0 Å². The molecule has 1 aliphatic rings. The maximum Gasteiger partial charge on any atom is 0.261 e.